The average molecular weight is 1770 g/mol. The van der Waals surface area contributed by atoms with E-state index in [4.69, 9.17) is 44.9 Å². The number of aromatic nitrogens is 12. The molecule has 6 heterocycles. The van der Waals surface area contributed by atoms with Crippen molar-refractivity contribution in [3.8, 4) is 153 Å². The van der Waals surface area contributed by atoms with E-state index in [1.165, 1.54) is 121 Å². The molecular formula is C126H90N12. The molecule has 3 aliphatic carbocycles. The van der Waals surface area contributed by atoms with E-state index in [9.17, 15) is 0 Å². The van der Waals surface area contributed by atoms with Crippen LogP contribution in [-0.4, -0.2) is 58.6 Å². The lowest BCUT2D eigenvalue weighted by molar-refractivity contribution is 0.660. The van der Waals surface area contributed by atoms with Crippen LogP contribution in [0.15, 0.2) is 437 Å². The predicted octanol–water partition coefficient (Wildman–Crippen LogP) is 30.8. The molecular weight excluding hydrogens is 1680 g/mol. The maximum atomic E-state index is 5.18. The van der Waals surface area contributed by atoms with E-state index in [-0.39, 0.29) is 16.2 Å². The van der Waals surface area contributed by atoms with E-state index >= 15 is 0 Å². The zero-order chi connectivity index (χ0) is 92.5. The van der Waals surface area contributed by atoms with Crippen molar-refractivity contribution in [2.24, 2.45) is 0 Å². The first-order valence-electron chi connectivity index (χ1n) is 47.2. The summed E-state index contributed by atoms with van der Waals surface area (Å²) < 4.78 is 6.87. The van der Waals surface area contributed by atoms with Gasteiger partial charge in [-0.2, -0.15) is 19.9 Å². The minimum Gasteiger partial charge on any atom is -0.309 e. The van der Waals surface area contributed by atoms with E-state index in [1.807, 2.05) is 158 Å². The Kier molecular flexibility index (Phi) is 19.6. The summed E-state index contributed by atoms with van der Waals surface area (Å²) in [6, 6.07) is 153. The van der Waals surface area contributed by atoms with Gasteiger partial charge in [0.05, 0.1) is 33.1 Å². The number of hydrogen-bond acceptors (Lipinski definition) is 9. The first kappa shape index (κ1) is 82.3. The Morgan fingerprint density at radius 1 is 0.167 bits per heavy atom. The highest BCUT2D eigenvalue weighted by molar-refractivity contribution is 6.21. The number of hydrogen-bond donors (Lipinski definition) is 0. The van der Waals surface area contributed by atoms with Crippen LogP contribution in [-0.2, 0) is 16.2 Å². The summed E-state index contributed by atoms with van der Waals surface area (Å²) in [7, 11) is 0. The Morgan fingerprint density at radius 3 is 0.775 bits per heavy atom. The zero-order valence-electron chi connectivity index (χ0n) is 76.9. The monoisotopic (exact) mass is 1770 g/mol. The summed E-state index contributed by atoms with van der Waals surface area (Å²) >= 11 is 0. The first-order chi connectivity index (χ1) is 67.7. The lowest BCUT2D eigenvalue weighted by Gasteiger charge is -2.21. The SMILES string of the molecule is CC1(C)c2ccccc2-c2c1ccc1c2c2ccc(-c3ccccc3)cc2n1-c1cccc(-c2nc(-c3ccccc3)nc(-c3ccccc3)n2)c1.CC1(C)c2ccccc2-c2c1ccc1c2c2ccc(-c3ccccc3)cc2n1-c1nc(-c2ccccc2)nc(-c2ccccc2)n1.CC1(C)c2ccccc2-c2c1ccc1c2c2ccccc2n1-c1nc(-c2ccccc2)nc(-c2ccccc2)n1. The smallest absolute Gasteiger partial charge is 0.238 e. The van der Waals surface area contributed by atoms with Gasteiger partial charge in [-0.3, -0.25) is 9.13 Å². The molecule has 0 aliphatic heterocycles. The fraction of sp³-hybridized carbons (Fsp3) is 0.0714. The van der Waals surface area contributed by atoms with Crippen LogP contribution < -0.4 is 0 Å². The molecule has 138 heavy (non-hydrogen) atoms. The number of rotatable bonds is 12. The molecule has 18 aromatic carbocycles. The van der Waals surface area contributed by atoms with Gasteiger partial charge < -0.3 is 4.57 Å². The predicted molar refractivity (Wildman–Crippen MR) is 564 cm³/mol. The van der Waals surface area contributed by atoms with Crippen molar-refractivity contribution in [1.29, 1.82) is 0 Å². The van der Waals surface area contributed by atoms with Crippen LogP contribution in [0.25, 0.3) is 218 Å². The van der Waals surface area contributed by atoms with Gasteiger partial charge in [-0.1, -0.05) is 430 Å². The van der Waals surface area contributed by atoms with Crippen LogP contribution in [0.4, 0.5) is 0 Å². The molecule has 0 N–H and O–H groups in total. The minimum atomic E-state index is -0.105. The van der Waals surface area contributed by atoms with Crippen molar-refractivity contribution < 1.29 is 0 Å². The summed E-state index contributed by atoms with van der Waals surface area (Å²) in [5, 5.41) is 7.38. The molecule has 0 saturated heterocycles. The molecule has 24 aromatic rings. The fourth-order valence-electron chi connectivity index (χ4n) is 21.7. The van der Waals surface area contributed by atoms with Crippen LogP contribution in [0.3, 0.4) is 0 Å². The third-order valence-electron chi connectivity index (χ3n) is 28.4. The number of benzene rings is 18. The van der Waals surface area contributed by atoms with Gasteiger partial charge >= 0.3 is 0 Å². The highest BCUT2D eigenvalue weighted by atomic mass is 15.2. The highest BCUT2D eigenvalue weighted by Gasteiger charge is 2.41. The zero-order valence-corrected chi connectivity index (χ0v) is 76.9. The van der Waals surface area contributed by atoms with E-state index in [0.717, 1.165) is 77.8 Å². The molecule has 6 aromatic heterocycles. The Labute approximate surface area is 799 Å². The molecule has 0 spiro atoms. The molecule has 0 bridgehead atoms. The van der Waals surface area contributed by atoms with Crippen LogP contribution in [0.2, 0.25) is 0 Å². The first-order valence-corrected chi connectivity index (χ1v) is 47.2. The quantitative estimate of drug-likeness (QED) is 0.117. The summed E-state index contributed by atoms with van der Waals surface area (Å²) in [5.74, 6) is 5.75. The van der Waals surface area contributed by atoms with Crippen LogP contribution in [0, 0.1) is 0 Å². The second kappa shape index (κ2) is 32.9. The molecule has 0 fully saturated rings. The molecule has 27 rings (SSSR count). The third-order valence-corrected chi connectivity index (χ3v) is 28.4. The Balaban J connectivity index is 0.000000111. The van der Waals surface area contributed by atoms with Crippen molar-refractivity contribution in [2.45, 2.75) is 57.8 Å². The van der Waals surface area contributed by atoms with Crippen LogP contribution >= 0.6 is 0 Å². The summed E-state index contributed by atoms with van der Waals surface area (Å²) in [6.45, 7) is 14.0. The topological polar surface area (TPSA) is 131 Å². The number of para-hydroxylation sites is 1. The molecule has 0 amide bonds. The van der Waals surface area contributed by atoms with Gasteiger partial charge in [-0.15, -0.1) is 0 Å². The second-order valence-corrected chi connectivity index (χ2v) is 37.5. The Morgan fingerprint density at radius 2 is 0.428 bits per heavy atom. The minimum absolute atomic E-state index is 0.0720. The maximum absolute atomic E-state index is 5.18. The van der Waals surface area contributed by atoms with Gasteiger partial charge in [0.15, 0.2) is 40.8 Å². The Bertz CT molecular complexity index is 8770. The second-order valence-electron chi connectivity index (χ2n) is 37.5. The van der Waals surface area contributed by atoms with Crippen molar-refractivity contribution in [2.75, 3.05) is 0 Å². The van der Waals surface area contributed by atoms with Gasteiger partial charge in [0.2, 0.25) is 11.9 Å². The third kappa shape index (κ3) is 13.7. The molecule has 0 unspecified atom stereocenters. The lowest BCUT2D eigenvalue weighted by atomic mass is 9.82. The molecule has 0 atom stereocenters. The van der Waals surface area contributed by atoms with Crippen molar-refractivity contribution >= 4 is 65.4 Å². The van der Waals surface area contributed by atoms with Crippen molar-refractivity contribution in [1.82, 2.24) is 58.6 Å². The molecule has 12 heteroatoms. The van der Waals surface area contributed by atoms with Gasteiger partial charge in [-0.05, 0) is 138 Å². The van der Waals surface area contributed by atoms with Gasteiger partial charge in [-0.25, -0.2) is 24.9 Å². The van der Waals surface area contributed by atoms with Gasteiger partial charge in [0.25, 0.3) is 0 Å². The largest absolute Gasteiger partial charge is 0.309 e. The van der Waals surface area contributed by atoms with Crippen LogP contribution in [0.1, 0.15) is 74.9 Å². The van der Waals surface area contributed by atoms with Crippen LogP contribution in [0.5, 0.6) is 0 Å². The molecule has 12 nitrogen and oxygen atoms in total. The molecule has 3 aliphatic rings. The maximum Gasteiger partial charge on any atom is 0.238 e. The summed E-state index contributed by atoms with van der Waals surface area (Å²) in [5.41, 5.74) is 34.8. The standard InChI is InChI=1S/C48H34N4.C42H30N4.C36H26N4/c1-48(2)39-24-13-12-23-37(39)43-40(48)27-28-41-44(43)38-26-25-34(31-15-6-3-7-16-31)30-42(38)52(41)36-22-14-21-35(29-36)47-50-45(32-17-8-4-9-18-32)49-46(51-47)33-19-10-5-11-20-33;1-42(2)33-21-13-12-20-31(33)37-34(42)24-25-35-38(37)32-23-22-30(27-14-6-3-7-15-27)26-36(32)46(35)41-44-39(28-16-8-4-9-17-28)43-40(45-41)29-18-10-5-11-19-29;1-36(2)27-19-11-9-17-25(27)31-28(36)21-22-30-32(31)26-18-10-12-20-29(26)40(30)35-38-33(23-13-5-3-6-14-23)37-34(39-35)24-15-7-4-8-16-24/h3-30H,1-2H3;3-26H,1-2H3;3-22H,1-2H3. The Hall–Kier alpha value is -17.6. The molecule has 0 radical (unpaired) electrons. The van der Waals surface area contributed by atoms with Gasteiger partial charge in [0, 0.05) is 93.2 Å². The normalized spacial score (nSPS) is 13.2. The molecule has 0 saturated carbocycles. The number of fused-ring (bicyclic) bond motifs is 21. The van der Waals surface area contributed by atoms with E-state index in [2.05, 4.69) is 334 Å². The summed E-state index contributed by atoms with van der Waals surface area (Å²) in [4.78, 5) is 45.5. The fourth-order valence-corrected chi connectivity index (χ4v) is 21.7. The highest BCUT2D eigenvalue weighted by Crippen LogP contribution is 2.58. The molecule has 654 valence electrons. The lowest BCUT2D eigenvalue weighted by Crippen LogP contribution is -2.14. The van der Waals surface area contributed by atoms with E-state index in [0.29, 0.717) is 52.7 Å². The summed E-state index contributed by atoms with van der Waals surface area (Å²) in [6.07, 6.45) is 0. The van der Waals surface area contributed by atoms with Crippen molar-refractivity contribution in [3.05, 3.63) is 470 Å². The van der Waals surface area contributed by atoms with Gasteiger partial charge in [0.1, 0.15) is 0 Å². The van der Waals surface area contributed by atoms with Crippen molar-refractivity contribution in [3.63, 3.8) is 0 Å². The van der Waals surface area contributed by atoms with E-state index < -0.39 is 0 Å². The number of nitrogens with zero attached hydrogens (tertiary/aromatic N) is 12. The van der Waals surface area contributed by atoms with E-state index in [1.54, 1.807) is 0 Å². The average Bonchev–Trinajstić information content (AvgIpc) is 1.54.